The zero-order valence-electron chi connectivity index (χ0n) is 14.8. The van der Waals surface area contributed by atoms with Gasteiger partial charge < -0.3 is 15.2 Å². The normalized spacial score (nSPS) is 10.3. The van der Waals surface area contributed by atoms with Crippen LogP contribution in [0.4, 0.5) is 5.69 Å². The lowest BCUT2D eigenvalue weighted by molar-refractivity contribution is -0.119. The highest BCUT2D eigenvalue weighted by molar-refractivity contribution is 5.96. The molecule has 0 unspecified atom stereocenters. The van der Waals surface area contributed by atoms with Gasteiger partial charge in [-0.25, -0.2) is 4.79 Å². The van der Waals surface area contributed by atoms with Crippen LogP contribution in [0.25, 0.3) is 11.1 Å². The van der Waals surface area contributed by atoms with Crippen molar-refractivity contribution in [1.29, 1.82) is 0 Å². The smallest absolute Gasteiger partial charge is 0.342 e. The Kier molecular flexibility index (Phi) is 5.52. The van der Waals surface area contributed by atoms with Crippen molar-refractivity contribution >= 4 is 17.6 Å². The molecule has 0 saturated carbocycles. The second-order valence-corrected chi connectivity index (χ2v) is 6.09. The van der Waals surface area contributed by atoms with Crippen LogP contribution in [-0.2, 0) is 9.53 Å². The van der Waals surface area contributed by atoms with Crippen LogP contribution >= 0.6 is 0 Å². The fourth-order valence-corrected chi connectivity index (χ4v) is 2.60. The first-order chi connectivity index (χ1) is 13.0. The summed E-state index contributed by atoms with van der Waals surface area (Å²) < 4.78 is 4.96. The summed E-state index contributed by atoms with van der Waals surface area (Å²) in [5, 5.41) is 12.5. The molecule has 0 atom stereocenters. The zero-order valence-corrected chi connectivity index (χ0v) is 14.8. The number of esters is 1. The fraction of sp³-hybridized carbons (Fsp3) is 0.0909. The van der Waals surface area contributed by atoms with Gasteiger partial charge in [-0.3, -0.25) is 4.79 Å². The number of phenolic OH excluding ortho intramolecular Hbond substituents is 1. The van der Waals surface area contributed by atoms with Crippen molar-refractivity contribution < 1.29 is 19.4 Å². The average molecular weight is 361 g/mol. The molecule has 0 spiro atoms. The monoisotopic (exact) mass is 361 g/mol. The molecule has 0 aliphatic heterocycles. The van der Waals surface area contributed by atoms with Crippen molar-refractivity contribution in [3.05, 3.63) is 83.9 Å². The summed E-state index contributed by atoms with van der Waals surface area (Å²) in [5.74, 6) is -1.37. The number of hydrogen-bond donors (Lipinski definition) is 2. The Morgan fingerprint density at radius 2 is 1.59 bits per heavy atom. The number of phenols is 1. The summed E-state index contributed by atoms with van der Waals surface area (Å²) in [6.45, 7) is 1.36. The molecule has 0 heterocycles. The number of aromatic hydroxyl groups is 1. The van der Waals surface area contributed by atoms with Gasteiger partial charge in [0.2, 0.25) is 0 Å². The van der Waals surface area contributed by atoms with E-state index in [1.807, 2.05) is 42.5 Å². The van der Waals surface area contributed by atoms with Gasteiger partial charge >= 0.3 is 5.97 Å². The van der Waals surface area contributed by atoms with Gasteiger partial charge in [-0.05, 0) is 47.9 Å². The molecule has 3 aromatic carbocycles. The van der Waals surface area contributed by atoms with Crippen LogP contribution in [-0.4, -0.2) is 23.6 Å². The molecule has 3 rings (SSSR count). The Labute approximate surface area is 157 Å². The van der Waals surface area contributed by atoms with Gasteiger partial charge in [0.15, 0.2) is 6.61 Å². The van der Waals surface area contributed by atoms with Crippen LogP contribution in [0.1, 0.15) is 15.9 Å². The maximum Gasteiger partial charge on any atom is 0.342 e. The molecule has 3 aromatic rings. The molecule has 0 saturated heterocycles. The average Bonchev–Trinajstić information content (AvgIpc) is 2.67. The summed E-state index contributed by atoms with van der Waals surface area (Å²) in [4.78, 5) is 24.0. The van der Waals surface area contributed by atoms with Gasteiger partial charge in [0.1, 0.15) is 11.3 Å². The Morgan fingerprint density at radius 3 is 2.26 bits per heavy atom. The fourth-order valence-electron chi connectivity index (χ4n) is 2.60. The third-order valence-electron chi connectivity index (χ3n) is 3.98. The molecule has 0 radical (unpaired) electrons. The minimum Gasteiger partial charge on any atom is -0.507 e. The van der Waals surface area contributed by atoms with Gasteiger partial charge in [-0.2, -0.15) is 0 Å². The minimum atomic E-state index is -0.748. The van der Waals surface area contributed by atoms with Crippen molar-refractivity contribution in [1.82, 2.24) is 0 Å². The number of nitrogens with one attached hydrogen (secondary N) is 1. The molecular weight excluding hydrogens is 342 g/mol. The Bertz CT molecular complexity index is 950. The Hall–Kier alpha value is -3.60. The van der Waals surface area contributed by atoms with Crippen LogP contribution in [0.15, 0.2) is 72.8 Å². The van der Waals surface area contributed by atoms with E-state index in [0.717, 1.165) is 16.7 Å². The highest BCUT2D eigenvalue weighted by Gasteiger charge is 2.14. The first kappa shape index (κ1) is 18.2. The molecule has 0 aromatic heterocycles. The second-order valence-electron chi connectivity index (χ2n) is 6.09. The quantitative estimate of drug-likeness (QED) is 0.669. The van der Waals surface area contributed by atoms with E-state index in [2.05, 4.69) is 5.32 Å². The van der Waals surface area contributed by atoms with Crippen LogP contribution in [0.2, 0.25) is 0 Å². The number of hydrogen-bond acceptors (Lipinski definition) is 4. The third kappa shape index (κ3) is 4.73. The Morgan fingerprint density at radius 1 is 0.926 bits per heavy atom. The number of rotatable bonds is 5. The highest BCUT2D eigenvalue weighted by atomic mass is 16.5. The highest BCUT2D eigenvalue weighted by Crippen LogP contribution is 2.21. The SMILES string of the molecule is Cc1ccc(C(=O)OCC(=O)Nc2ccc(-c3ccccc3)cc2)c(O)c1. The molecule has 0 aliphatic rings. The van der Waals surface area contributed by atoms with E-state index in [0.29, 0.717) is 5.69 Å². The summed E-state index contributed by atoms with van der Waals surface area (Å²) in [6.07, 6.45) is 0. The summed E-state index contributed by atoms with van der Waals surface area (Å²) >= 11 is 0. The van der Waals surface area contributed by atoms with E-state index < -0.39 is 18.5 Å². The first-order valence-corrected chi connectivity index (χ1v) is 8.45. The van der Waals surface area contributed by atoms with Gasteiger partial charge in [-0.15, -0.1) is 0 Å². The van der Waals surface area contributed by atoms with Gasteiger partial charge in [-0.1, -0.05) is 48.5 Å². The van der Waals surface area contributed by atoms with Gasteiger partial charge in [0.25, 0.3) is 5.91 Å². The third-order valence-corrected chi connectivity index (χ3v) is 3.98. The standard InChI is InChI=1S/C22H19NO4/c1-15-7-12-19(20(24)13-15)22(26)27-14-21(25)23-18-10-8-17(9-11-18)16-5-3-2-4-6-16/h2-13,24H,14H2,1H3,(H,23,25). The van der Waals surface area contributed by atoms with E-state index in [4.69, 9.17) is 4.74 Å². The second kappa shape index (κ2) is 8.19. The molecule has 2 N–H and O–H groups in total. The topological polar surface area (TPSA) is 75.6 Å². The van der Waals surface area contributed by atoms with Crippen molar-refractivity contribution in [2.24, 2.45) is 0 Å². The predicted molar refractivity (Wildman–Crippen MR) is 104 cm³/mol. The molecule has 0 fully saturated rings. The summed E-state index contributed by atoms with van der Waals surface area (Å²) in [5.41, 5.74) is 3.58. The van der Waals surface area contributed by atoms with E-state index in [-0.39, 0.29) is 11.3 Å². The van der Waals surface area contributed by atoms with Crippen LogP contribution < -0.4 is 5.32 Å². The van der Waals surface area contributed by atoms with E-state index in [1.54, 1.807) is 25.1 Å². The van der Waals surface area contributed by atoms with Crippen LogP contribution in [0.5, 0.6) is 5.75 Å². The van der Waals surface area contributed by atoms with Crippen LogP contribution in [0.3, 0.4) is 0 Å². The van der Waals surface area contributed by atoms with Gasteiger partial charge in [0.05, 0.1) is 0 Å². The number of carbonyl (C=O) groups excluding carboxylic acids is 2. The number of amides is 1. The number of carbonyl (C=O) groups is 2. The number of aryl methyl sites for hydroxylation is 1. The molecule has 0 bridgehead atoms. The molecule has 1 amide bonds. The van der Waals surface area contributed by atoms with E-state index in [1.165, 1.54) is 12.1 Å². The summed E-state index contributed by atoms with van der Waals surface area (Å²) in [7, 11) is 0. The first-order valence-electron chi connectivity index (χ1n) is 8.45. The van der Waals surface area contributed by atoms with E-state index in [9.17, 15) is 14.7 Å². The van der Waals surface area contributed by atoms with Crippen molar-refractivity contribution in [2.45, 2.75) is 6.92 Å². The molecule has 5 nitrogen and oxygen atoms in total. The maximum absolute atomic E-state index is 12.0. The van der Waals surface area contributed by atoms with Crippen molar-refractivity contribution in [3.8, 4) is 16.9 Å². The molecule has 5 heteroatoms. The minimum absolute atomic E-state index is 0.0283. The van der Waals surface area contributed by atoms with E-state index >= 15 is 0 Å². The largest absolute Gasteiger partial charge is 0.507 e. The molecule has 136 valence electrons. The van der Waals surface area contributed by atoms with Crippen molar-refractivity contribution in [2.75, 3.05) is 11.9 Å². The molecule has 27 heavy (non-hydrogen) atoms. The zero-order chi connectivity index (χ0) is 19.2. The maximum atomic E-state index is 12.0. The lowest BCUT2D eigenvalue weighted by atomic mass is 10.1. The predicted octanol–water partition coefficient (Wildman–Crippen LogP) is 4.16. The number of benzene rings is 3. The Balaban J connectivity index is 1.55. The number of anilines is 1. The number of ether oxygens (including phenoxy) is 1. The van der Waals surface area contributed by atoms with Gasteiger partial charge in [0, 0.05) is 5.69 Å². The van der Waals surface area contributed by atoms with Crippen molar-refractivity contribution in [3.63, 3.8) is 0 Å². The lowest BCUT2D eigenvalue weighted by Gasteiger charge is -2.09. The summed E-state index contributed by atoms with van der Waals surface area (Å²) in [6, 6.07) is 21.9. The lowest BCUT2D eigenvalue weighted by Crippen LogP contribution is -2.21. The molecular formula is C22H19NO4. The van der Waals surface area contributed by atoms with Crippen LogP contribution in [0, 0.1) is 6.92 Å². The molecule has 0 aliphatic carbocycles.